The molecule has 0 atom stereocenters. The first kappa shape index (κ1) is 25.3. The summed E-state index contributed by atoms with van der Waals surface area (Å²) in [6.45, 7) is 19.7. The van der Waals surface area contributed by atoms with Crippen LogP contribution in [-0.4, -0.2) is 12.6 Å². The van der Waals surface area contributed by atoms with Crippen molar-refractivity contribution in [3.8, 4) is 11.5 Å². The monoisotopic (exact) mass is 402 g/mol. The fourth-order valence-corrected chi connectivity index (χ4v) is 3.13. The molecule has 0 saturated carbocycles. The van der Waals surface area contributed by atoms with Crippen molar-refractivity contribution >= 4 is 5.97 Å². The van der Waals surface area contributed by atoms with Gasteiger partial charge in [0, 0.05) is 17.5 Å². The Balaban J connectivity index is 3.05. The van der Waals surface area contributed by atoms with E-state index in [4.69, 9.17) is 9.47 Å². The number of hydrogen-bond donors (Lipinski definition) is 0. The van der Waals surface area contributed by atoms with Gasteiger partial charge in [-0.3, -0.25) is 4.79 Å². The fourth-order valence-electron chi connectivity index (χ4n) is 3.13. The topological polar surface area (TPSA) is 35.5 Å². The molecule has 3 heteroatoms. The molecule has 0 aliphatic heterocycles. The van der Waals surface area contributed by atoms with Gasteiger partial charge in [-0.2, -0.15) is 0 Å². The third-order valence-electron chi connectivity index (χ3n) is 4.87. The minimum absolute atomic E-state index is 0.109. The van der Waals surface area contributed by atoms with E-state index in [9.17, 15) is 4.79 Å². The second-order valence-corrected chi connectivity index (χ2v) is 10.2. The highest BCUT2D eigenvalue weighted by Crippen LogP contribution is 2.41. The predicted molar refractivity (Wildman–Crippen MR) is 123 cm³/mol. The van der Waals surface area contributed by atoms with Crippen molar-refractivity contribution in [1.82, 2.24) is 0 Å². The standard InChI is InChI=1S/C26H42O3/c1-10-24(27)29-23-18-20(25(4,5)6)22(17-21(23)26(7,8)9)28-16-14-12-11-13-15-19(2)3/h15,17-18H,10-14,16H2,1-9H3. The van der Waals surface area contributed by atoms with E-state index < -0.39 is 0 Å². The van der Waals surface area contributed by atoms with Crippen LogP contribution in [-0.2, 0) is 15.6 Å². The zero-order valence-corrected chi connectivity index (χ0v) is 20.2. The maximum absolute atomic E-state index is 12.0. The molecule has 0 aliphatic rings. The maximum atomic E-state index is 12.0. The lowest BCUT2D eigenvalue weighted by atomic mass is 9.81. The molecule has 0 saturated heterocycles. The van der Waals surface area contributed by atoms with E-state index in [-0.39, 0.29) is 16.8 Å². The molecule has 3 nitrogen and oxygen atoms in total. The number of esters is 1. The van der Waals surface area contributed by atoms with Gasteiger partial charge in [0.25, 0.3) is 0 Å². The van der Waals surface area contributed by atoms with Crippen molar-refractivity contribution in [2.24, 2.45) is 0 Å². The summed E-state index contributed by atoms with van der Waals surface area (Å²) < 4.78 is 12.0. The Morgan fingerprint density at radius 1 is 0.897 bits per heavy atom. The van der Waals surface area contributed by atoms with Crippen LogP contribution >= 0.6 is 0 Å². The Labute approximate surface area is 178 Å². The molecule has 1 rings (SSSR count). The van der Waals surface area contributed by atoms with Gasteiger partial charge in [-0.1, -0.05) is 60.1 Å². The lowest BCUT2D eigenvalue weighted by Crippen LogP contribution is -2.20. The van der Waals surface area contributed by atoms with Crippen molar-refractivity contribution < 1.29 is 14.3 Å². The first-order valence-corrected chi connectivity index (χ1v) is 11.0. The van der Waals surface area contributed by atoms with E-state index in [0.717, 1.165) is 36.1 Å². The zero-order valence-electron chi connectivity index (χ0n) is 20.2. The Morgan fingerprint density at radius 3 is 1.97 bits per heavy atom. The molecule has 0 aromatic heterocycles. The normalized spacial score (nSPS) is 11.9. The van der Waals surface area contributed by atoms with Crippen molar-refractivity contribution in [3.63, 3.8) is 0 Å². The molecule has 0 aliphatic carbocycles. The number of carbonyl (C=O) groups is 1. The van der Waals surface area contributed by atoms with Crippen LogP contribution in [0.5, 0.6) is 11.5 Å². The van der Waals surface area contributed by atoms with Gasteiger partial charge >= 0.3 is 5.97 Å². The molecule has 0 unspecified atom stereocenters. The minimum Gasteiger partial charge on any atom is -0.493 e. The molecule has 1 aromatic rings. The molecule has 0 N–H and O–H groups in total. The number of carbonyl (C=O) groups excluding carboxylic acids is 1. The van der Waals surface area contributed by atoms with Crippen molar-refractivity contribution in [1.29, 1.82) is 0 Å². The molecule has 0 spiro atoms. The Kier molecular flexibility index (Phi) is 9.45. The molecule has 0 fully saturated rings. The molecular formula is C26H42O3. The second kappa shape index (κ2) is 10.8. The lowest BCUT2D eigenvalue weighted by molar-refractivity contribution is -0.134. The molecule has 0 amide bonds. The van der Waals surface area contributed by atoms with Gasteiger partial charge in [-0.05, 0) is 62.5 Å². The van der Waals surface area contributed by atoms with Crippen molar-refractivity contribution in [3.05, 3.63) is 34.9 Å². The molecule has 1 aromatic carbocycles. The first-order valence-electron chi connectivity index (χ1n) is 11.0. The Morgan fingerprint density at radius 2 is 1.45 bits per heavy atom. The summed E-state index contributed by atoms with van der Waals surface area (Å²) >= 11 is 0. The summed E-state index contributed by atoms with van der Waals surface area (Å²) in [5, 5.41) is 0. The van der Waals surface area contributed by atoms with Crippen LogP contribution in [0.2, 0.25) is 0 Å². The van der Waals surface area contributed by atoms with E-state index in [2.05, 4.69) is 67.5 Å². The lowest BCUT2D eigenvalue weighted by Gasteiger charge is -2.28. The summed E-state index contributed by atoms with van der Waals surface area (Å²) in [7, 11) is 0. The number of hydrogen-bond acceptors (Lipinski definition) is 3. The number of benzene rings is 1. The summed E-state index contributed by atoms with van der Waals surface area (Å²) in [6, 6.07) is 4.10. The first-order chi connectivity index (χ1) is 13.4. The summed E-state index contributed by atoms with van der Waals surface area (Å²) in [4.78, 5) is 12.0. The van der Waals surface area contributed by atoms with Crippen molar-refractivity contribution in [2.75, 3.05) is 6.61 Å². The van der Waals surface area contributed by atoms with Gasteiger partial charge in [0.2, 0.25) is 0 Å². The number of unbranched alkanes of at least 4 members (excludes halogenated alkanes) is 3. The highest BCUT2D eigenvalue weighted by molar-refractivity contribution is 5.73. The molecule has 29 heavy (non-hydrogen) atoms. The van der Waals surface area contributed by atoms with Gasteiger partial charge in [-0.25, -0.2) is 0 Å². The predicted octanol–water partition coefficient (Wildman–Crippen LogP) is 7.50. The SMILES string of the molecule is CCC(=O)Oc1cc(C(C)(C)C)c(OCCCCCC=C(C)C)cc1C(C)(C)C. The average molecular weight is 403 g/mol. The Bertz CT molecular complexity index is 696. The molecule has 164 valence electrons. The summed E-state index contributed by atoms with van der Waals surface area (Å²) in [5.41, 5.74) is 3.21. The largest absolute Gasteiger partial charge is 0.493 e. The van der Waals surface area contributed by atoms with Gasteiger partial charge < -0.3 is 9.47 Å². The molecule has 0 bridgehead atoms. The quantitative estimate of drug-likeness (QED) is 0.186. The van der Waals surface area contributed by atoms with E-state index in [1.54, 1.807) is 0 Å². The van der Waals surface area contributed by atoms with E-state index >= 15 is 0 Å². The van der Waals surface area contributed by atoms with Gasteiger partial charge in [0.05, 0.1) is 6.61 Å². The highest BCUT2D eigenvalue weighted by Gasteiger charge is 2.27. The Hall–Kier alpha value is -1.77. The smallest absolute Gasteiger partial charge is 0.310 e. The second-order valence-electron chi connectivity index (χ2n) is 10.2. The fraction of sp³-hybridized carbons (Fsp3) is 0.654. The van der Waals surface area contributed by atoms with Crippen LogP contribution in [0.25, 0.3) is 0 Å². The molecule has 0 radical (unpaired) electrons. The van der Waals surface area contributed by atoms with Gasteiger partial charge in [0.15, 0.2) is 0 Å². The zero-order chi connectivity index (χ0) is 22.2. The van der Waals surface area contributed by atoms with E-state index in [1.807, 2.05) is 13.0 Å². The minimum atomic E-state index is -0.208. The number of rotatable bonds is 9. The summed E-state index contributed by atoms with van der Waals surface area (Å²) in [6.07, 6.45) is 7.19. The summed E-state index contributed by atoms with van der Waals surface area (Å²) in [5.74, 6) is 1.35. The van der Waals surface area contributed by atoms with Crippen LogP contribution in [0.3, 0.4) is 0 Å². The van der Waals surface area contributed by atoms with Crippen LogP contribution in [0.15, 0.2) is 23.8 Å². The molecule has 0 heterocycles. The molecular weight excluding hydrogens is 360 g/mol. The maximum Gasteiger partial charge on any atom is 0.310 e. The van der Waals surface area contributed by atoms with Gasteiger partial charge in [0.1, 0.15) is 11.5 Å². The average Bonchev–Trinajstić information content (AvgIpc) is 2.59. The van der Waals surface area contributed by atoms with Crippen molar-refractivity contribution in [2.45, 2.75) is 105 Å². The highest BCUT2D eigenvalue weighted by atomic mass is 16.5. The van der Waals surface area contributed by atoms with E-state index in [1.165, 1.54) is 12.0 Å². The number of ether oxygens (including phenoxy) is 2. The third kappa shape index (κ3) is 8.64. The van der Waals surface area contributed by atoms with Crippen LogP contribution < -0.4 is 9.47 Å². The van der Waals surface area contributed by atoms with E-state index in [0.29, 0.717) is 18.8 Å². The number of allylic oxidation sites excluding steroid dienone is 2. The van der Waals surface area contributed by atoms with Crippen LogP contribution in [0.4, 0.5) is 0 Å². The third-order valence-corrected chi connectivity index (χ3v) is 4.87. The van der Waals surface area contributed by atoms with Crippen LogP contribution in [0.1, 0.15) is 106 Å². The van der Waals surface area contributed by atoms with Crippen LogP contribution in [0, 0.1) is 0 Å². The van der Waals surface area contributed by atoms with Gasteiger partial charge in [-0.15, -0.1) is 0 Å².